The molecule has 4 nitrogen and oxygen atoms in total. The molecule has 0 atom stereocenters. The summed E-state index contributed by atoms with van der Waals surface area (Å²) in [4.78, 5) is 10.9. The zero-order valence-corrected chi connectivity index (χ0v) is 10.9. The summed E-state index contributed by atoms with van der Waals surface area (Å²) >= 11 is 0. The number of ether oxygens (including phenoxy) is 1. The molecule has 1 N–H and O–H groups in total. The summed E-state index contributed by atoms with van der Waals surface area (Å²) in [5.41, 5.74) is 1.63. The average molecular weight is 260 g/mol. The second-order valence-electron chi connectivity index (χ2n) is 4.56. The van der Waals surface area contributed by atoms with Crippen LogP contribution in [0.15, 0.2) is 41.0 Å². The van der Waals surface area contributed by atoms with Crippen LogP contribution in [0, 0.1) is 0 Å². The quantitative estimate of drug-likeness (QED) is 0.890. The summed E-state index contributed by atoms with van der Waals surface area (Å²) in [6, 6.07) is 9.36. The first kappa shape index (κ1) is 13.2. The predicted octanol–water partition coefficient (Wildman–Crippen LogP) is 3.68. The number of para-hydroxylation sites is 1. The van der Waals surface area contributed by atoms with Gasteiger partial charge in [-0.3, -0.25) is 0 Å². The molecule has 0 amide bonds. The maximum absolute atomic E-state index is 10.9. The average Bonchev–Trinajstić information content (AvgIpc) is 2.85. The zero-order valence-electron chi connectivity index (χ0n) is 10.9. The maximum Gasteiger partial charge on any atom is 0.372 e. The lowest BCUT2D eigenvalue weighted by Crippen LogP contribution is -2.04. The van der Waals surface area contributed by atoms with Crippen LogP contribution in [-0.2, 0) is 6.61 Å². The Bertz CT molecular complexity index is 569. The summed E-state index contributed by atoms with van der Waals surface area (Å²) in [6.07, 6.45) is 1.36. The van der Waals surface area contributed by atoms with Crippen molar-refractivity contribution in [2.75, 3.05) is 0 Å². The highest BCUT2D eigenvalue weighted by atomic mass is 16.5. The first-order valence-electron chi connectivity index (χ1n) is 6.11. The van der Waals surface area contributed by atoms with E-state index in [1.165, 1.54) is 6.26 Å². The number of rotatable bonds is 5. The molecule has 2 aromatic rings. The van der Waals surface area contributed by atoms with Gasteiger partial charge >= 0.3 is 5.97 Å². The fraction of sp³-hybridized carbons (Fsp3) is 0.267. The Balaban J connectivity index is 2.15. The van der Waals surface area contributed by atoms with Gasteiger partial charge in [-0.2, -0.15) is 0 Å². The third-order valence-electron chi connectivity index (χ3n) is 2.87. The van der Waals surface area contributed by atoms with Crippen LogP contribution in [0.5, 0.6) is 5.75 Å². The van der Waals surface area contributed by atoms with Crippen molar-refractivity contribution in [2.45, 2.75) is 26.4 Å². The van der Waals surface area contributed by atoms with Gasteiger partial charge in [0.2, 0.25) is 5.76 Å². The Morgan fingerprint density at radius 2 is 2.05 bits per heavy atom. The third kappa shape index (κ3) is 2.96. The summed E-state index contributed by atoms with van der Waals surface area (Å²) in [5.74, 6) is -0.0303. The SMILES string of the molecule is CC(C)c1ccccc1OCc1ccoc1C(=O)O. The van der Waals surface area contributed by atoms with Gasteiger partial charge in [-0.1, -0.05) is 32.0 Å². The molecule has 0 aliphatic carbocycles. The lowest BCUT2D eigenvalue weighted by Gasteiger charge is -2.13. The molecule has 1 heterocycles. The molecule has 0 aliphatic heterocycles. The van der Waals surface area contributed by atoms with Gasteiger partial charge < -0.3 is 14.3 Å². The molecule has 19 heavy (non-hydrogen) atoms. The lowest BCUT2D eigenvalue weighted by molar-refractivity contribution is 0.0658. The van der Waals surface area contributed by atoms with Crippen molar-refractivity contribution in [1.29, 1.82) is 0 Å². The highest BCUT2D eigenvalue weighted by Gasteiger charge is 2.15. The molecule has 4 heteroatoms. The van der Waals surface area contributed by atoms with Crippen LogP contribution in [0.3, 0.4) is 0 Å². The van der Waals surface area contributed by atoms with Crippen LogP contribution in [-0.4, -0.2) is 11.1 Å². The number of carboxylic acid groups (broad SMARTS) is 1. The van der Waals surface area contributed by atoms with Crippen molar-refractivity contribution in [3.63, 3.8) is 0 Å². The van der Waals surface area contributed by atoms with Crippen LogP contribution < -0.4 is 4.74 Å². The molecule has 0 bridgehead atoms. The summed E-state index contributed by atoms with van der Waals surface area (Å²) in [7, 11) is 0. The van der Waals surface area contributed by atoms with Gasteiger partial charge in [0.05, 0.1) is 6.26 Å². The Morgan fingerprint density at radius 1 is 1.32 bits per heavy atom. The molecule has 1 aromatic carbocycles. The second-order valence-corrected chi connectivity index (χ2v) is 4.56. The summed E-state index contributed by atoms with van der Waals surface area (Å²) < 4.78 is 10.6. The number of carbonyl (C=O) groups is 1. The Morgan fingerprint density at radius 3 is 2.74 bits per heavy atom. The molecule has 1 aromatic heterocycles. The van der Waals surface area contributed by atoms with Crippen LogP contribution in [0.25, 0.3) is 0 Å². The van der Waals surface area contributed by atoms with Crippen LogP contribution in [0.2, 0.25) is 0 Å². The first-order chi connectivity index (χ1) is 9.09. The molecule has 100 valence electrons. The molecule has 0 unspecified atom stereocenters. The van der Waals surface area contributed by atoms with Crippen molar-refractivity contribution in [2.24, 2.45) is 0 Å². The van der Waals surface area contributed by atoms with Crippen LogP contribution in [0.1, 0.15) is 41.4 Å². The van der Waals surface area contributed by atoms with E-state index in [1.54, 1.807) is 6.07 Å². The van der Waals surface area contributed by atoms with Gasteiger partial charge in [-0.25, -0.2) is 4.79 Å². The molecule has 0 saturated heterocycles. The van der Waals surface area contributed by atoms with Gasteiger partial charge in [0, 0.05) is 5.56 Å². The van der Waals surface area contributed by atoms with E-state index in [2.05, 4.69) is 13.8 Å². The standard InChI is InChI=1S/C15H16O4/c1-10(2)12-5-3-4-6-13(12)19-9-11-7-8-18-14(11)15(16)17/h3-8,10H,9H2,1-2H3,(H,16,17). The summed E-state index contributed by atoms with van der Waals surface area (Å²) in [5, 5.41) is 8.95. The number of hydrogen-bond donors (Lipinski definition) is 1. The third-order valence-corrected chi connectivity index (χ3v) is 2.87. The van der Waals surface area contributed by atoms with Crippen molar-refractivity contribution in [3.8, 4) is 5.75 Å². The van der Waals surface area contributed by atoms with E-state index < -0.39 is 5.97 Å². The van der Waals surface area contributed by atoms with Gasteiger partial charge in [0.15, 0.2) is 0 Å². The fourth-order valence-electron chi connectivity index (χ4n) is 1.88. The van der Waals surface area contributed by atoms with Gasteiger partial charge in [-0.05, 0) is 23.6 Å². The molecule has 0 saturated carbocycles. The van der Waals surface area contributed by atoms with Gasteiger partial charge in [0.1, 0.15) is 12.4 Å². The Labute approximate surface area is 111 Å². The lowest BCUT2D eigenvalue weighted by atomic mass is 10.0. The molecule has 0 spiro atoms. The molecule has 0 fully saturated rings. The highest BCUT2D eigenvalue weighted by molar-refractivity contribution is 5.86. The fourth-order valence-corrected chi connectivity index (χ4v) is 1.88. The normalized spacial score (nSPS) is 10.7. The van der Waals surface area contributed by atoms with Crippen LogP contribution >= 0.6 is 0 Å². The van der Waals surface area contributed by atoms with E-state index >= 15 is 0 Å². The van der Waals surface area contributed by atoms with Crippen molar-refractivity contribution in [3.05, 3.63) is 53.5 Å². The molecule has 2 rings (SSSR count). The molecule has 0 aliphatic rings. The highest BCUT2D eigenvalue weighted by Crippen LogP contribution is 2.27. The van der Waals surface area contributed by atoms with E-state index in [-0.39, 0.29) is 12.4 Å². The van der Waals surface area contributed by atoms with Crippen molar-refractivity contribution >= 4 is 5.97 Å². The van der Waals surface area contributed by atoms with Gasteiger partial charge in [0.25, 0.3) is 0 Å². The first-order valence-corrected chi connectivity index (χ1v) is 6.11. The smallest absolute Gasteiger partial charge is 0.372 e. The van der Waals surface area contributed by atoms with E-state index in [9.17, 15) is 4.79 Å². The Kier molecular flexibility index (Phi) is 3.90. The number of benzene rings is 1. The van der Waals surface area contributed by atoms with E-state index in [1.807, 2.05) is 24.3 Å². The van der Waals surface area contributed by atoms with Crippen LogP contribution in [0.4, 0.5) is 0 Å². The Hall–Kier alpha value is -2.23. The van der Waals surface area contributed by atoms with E-state index in [0.29, 0.717) is 11.5 Å². The summed E-state index contributed by atoms with van der Waals surface area (Å²) in [6.45, 7) is 4.35. The zero-order chi connectivity index (χ0) is 13.8. The number of hydrogen-bond acceptors (Lipinski definition) is 3. The largest absolute Gasteiger partial charge is 0.488 e. The van der Waals surface area contributed by atoms with E-state index in [4.69, 9.17) is 14.3 Å². The molecular weight excluding hydrogens is 244 g/mol. The maximum atomic E-state index is 10.9. The second kappa shape index (κ2) is 5.61. The van der Waals surface area contributed by atoms with Crippen molar-refractivity contribution in [1.82, 2.24) is 0 Å². The molecule has 0 radical (unpaired) electrons. The molecular formula is C15H16O4. The monoisotopic (exact) mass is 260 g/mol. The minimum atomic E-state index is -1.08. The number of aromatic carboxylic acids is 1. The minimum Gasteiger partial charge on any atom is -0.488 e. The number of furan rings is 1. The topological polar surface area (TPSA) is 59.7 Å². The predicted molar refractivity (Wildman–Crippen MR) is 70.5 cm³/mol. The van der Waals surface area contributed by atoms with Gasteiger partial charge in [-0.15, -0.1) is 0 Å². The number of carboxylic acids is 1. The van der Waals surface area contributed by atoms with E-state index in [0.717, 1.165) is 11.3 Å². The minimum absolute atomic E-state index is 0.0676. The van der Waals surface area contributed by atoms with Crippen molar-refractivity contribution < 1.29 is 19.1 Å².